The van der Waals surface area contributed by atoms with Gasteiger partial charge in [-0.25, -0.2) is 4.52 Å². The number of fused-ring (bicyclic) bond motifs is 2. The van der Waals surface area contributed by atoms with Crippen molar-refractivity contribution in [2.24, 2.45) is 7.05 Å². The zero-order valence-electron chi connectivity index (χ0n) is 15.4. The van der Waals surface area contributed by atoms with Gasteiger partial charge < -0.3 is 10.1 Å². The molecule has 0 saturated heterocycles. The van der Waals surface area contributed by atoms with E-state index in [4.69, 9.17) is 4.74 Å². The molecule has 0 aliphatic carbocycles. The molecule has 0 unspecified atom stereocenters. The molecular weight excluding hydrogens is 354 g/mol. The summed E-state index contributed by atoms with van der Waals surface area (Å²) in [5.41, 5.74) is 4.43. The molecule has 3 aromatic heterocycles. The number of nitrogens with zero attached hydrogens (tertiary/aromatic N) is 6. The van der Waals surface area contributed by atoms with Crippen molar-refractivity contribution in [3.63, 3.8) is 0 Å². The summed E-state index contributed by atoms with van der Waals surface area (Å²) >= 11 is 0. The van der Waals surface area contributed by atoms with Crippen LogP contribution in [0.4, 0.5) is 11.6 Å². The normalized spacial score (nSPS) is 11.2. The predicted molar refractivity (Wildman–Crippen MR) is 107 cm³/mol. The number of aryl methyl sites for hydroxylation is 1. The summed E-state index contributed by atoms with van der Waals surface area (Å²) in [6.07, 6.45) is 5.33. The van der Waals surface area contributed by atoms with Crippen LogP contribution in [-0.4, -0.2) is 36.5 Å². The molecule has 0 saturated carbocycles. The molecule has 8 heteroatoms. The number of hydrogen-bond donors (Lipinski definition) is 1. The third-order valence-corrected chi connectivity index (χ3v) is 4.62. The van der Waals surface area contributed by atoms with Crippen LogP contribution in [0, 0.1) is 0 Å². The third kappa shape index (κ3) is 2.71. The van der Waals surface area contributed by atoms with E-state index in [0.717, 1.165) is 33.6 Å². The second-order valence-electron chi connectivity index (χ2n) is 6.40. The van der Waals surface area contributed by atoms with Crippen LogP contribution >= 0.6 is 0 Å². The van der Waals surface area contributed by atoms with Crippen LogP contribution in [0.1, 0.15) is 0 Å². The van der Waals surface area contributed by atoms with Crippen molar-refractivity contribution in [2.75, 3.05) is 12.4 Å². The summed E-state index contributed by atoms with van der Waals surface area (Å²) in [5.74, 6) is 1.26. The van der Waals surface area contributed by atoms with Gasteiger partial charge in [-0.3, -0.25) is 9.67 Å². The standard InChI is InChI=1S/C20H17N7O/c1-26-17-7-6-13(8-14(17)10-22-26)18-11-21-12-19-24-20(25-27(18)19)23-15-4-3-5-16(9-15)28-2/h3-12H,1-2H3,(H,23,25). The highest BCUT2D eigenvalue weighted by Crippen LogP contribution is 2.25. The minimum absolute atomic E-state index is 0.491. The van der Waals surface area contributed by atoms with E-state index in [2.05, 4.69) is 31.5 Å². The molecule has 1 N–H and O–H groups in total. The fourth-order valence-corrected chi connectivity index (χ4v) is 3.22. The molecule has 0 bridgehead atoms. The number of anilines is 2. The summed E-state index contributed by atoms with van der Waals surface area (Å²) < 4.78 is 8.90. The summed E-state index contributed by atoms with van der Waals surface area (Å²) in [6.45, 7) is 0. The lowest BCUT2D eigenvalue weighted by Crippen LogP contribution is -1.97. The average molecular weight is 371 g/mol. The number of ether oxygens (including phenoxy) is 1. The molecule has 0 spiro atoms. The maximum absolute atomic E-state index is 5.26. The van der Waals surface area contributed by atoms with E-state index in [1.165, 1.54) is 0 Å². The van der Waals surface area contributed by atoms with E-state index in [9.17, 15) is 0 Å². The summed E-state index contributed by atoms with van der Waals surface area (Å²) in [7, 11) is 3.57. The van der Waals surface area contributed by atoms with Crippen molar-refractivity contribution in [3.05, 3.63) is 61.1 Å². The molecule has 8 nitrogen and oxygen atoms in total. The third-order valence-electron chi connectivity index (χ3n) is 4.62. The molecule has 0 aliphatic rings. The fourth-order valence-electron chi connectivity index (χ4n) is 3.22. The highest BCUT2D eigenvalue weighted by Gasteiger charge is 2.11. The van der Waals surface area contributed by atoms with Crippen molar-refractivity contribution in [1.29, 1.82) is 0 Å². The van der Waals surface area contributed by atoms with Crippen molar-refractivity contribution in [2.45, 2.75) is 0 Å². The lowest BCUT2D eigenvalue weighted by atomic mass is 10.1. The Bertz CT molecular complexity index is 1300. The number of nitrogens with one attached hydrogen (secondary N) is 1. The highest BCUT2D eigenvalue weighted by molar-refractivity contribution is 5.84. The topological polar surface area (TPSA) is 82.2 Å². The van der Waals surface area contributed by atoms with Crippen molar-refractivity contribution < 1.29 is 4.74 Å². The van der Waals surface area contributed by atoms with E-state index in [-0.39, 0.29) is 0 Å². The minimum atomic E-state index is 0.491. The molecule has 0 amide bonds. The SMILES string of the molecule is COc1cccc(Nc2nc3cncc(-c4ccc5c(cnn5C)c4)n3n2)c1. The van der Waals surface area contributed by atoms with Gasteiger partial charge in [0.2, 0.25) is 5.95 Å². The first kappa shape index (κ1) is 16.2. The Morgan fingerprint density at radius 1 is 1.04 bits per heavy atom. The molecule has 28 heavy (non-hydrogen) atoms. The van der Waals surface area contributed by atoms with Crippen LogP contribution in [0.15, 0.2) is 61.1 Å². The predicted octanol–water partition coefficient (Wildman–Crippen LogP) is 3.43. The molecule has 2 aromatic carbocycles. The number of rotatable bonds is 4. The van der Waals surface area contributed by atoms with Gasteiger partial charge in [0, 0.05) is 29.8 Å². The fraction of sp³-hybridized carbons (Fsp3) is 0.100. The average Bonchev–Trinajstić information content (AvgIpc) is 3.30. The molecule has 5 rings (SSSR count). The number of methoxy groups -OCH3 is 1. The maximum Gasteiger partial charge on any atom is 0.247 e. The highest BCUT2D eigenvalue weighted by atomic mass is 16.5. The van der Waals surface area contributed by atoms with Gasteiger partial charge in [-0.1, -0.05) is 12.1 Å². The second-order valence-corrected chi connectivity index (χ2v) is 6.40. The minimum Gasteiger partial charge on any atom is -0.497 e. The zero-order valence-corrected chi connectivity index (χ0v) is 15.4. The Balaban J connectivity index is 1.56. The summed E-state index contributed by atoms with van der Waals surface area (Å²) in [4.78, 5) is 8.87. The number of benzene rings is 2. The molecule has 0 fully saturated rings. The first-order valence-corrected chi connectivity index (χ1v) is 8.75. The number of hydrogen-bond acceptors (Lipinski definition) is 6. The van der Waals surface area contributed by atoms with E-state index < -0.39 is 0 Å². The van der Waals surface area contributed by atoms with Crippen LogP contribution in [-0.2, 0) is 7.05 Å². The van der Waals surface area contributed by atoms with Gasteiger partial charge in [-0.15, -0.1) is 5.10 Å². The number of aromatic nitrogens is 6. The van der Waals surface area contributed by atoms with Gasteiger partial charge >= 0.3 is 0 Å². The first-order valence-electron chi connectivity index (χ1n) is 8.75. The Labute approximate surface area is 160 Å². The monoisotopic (exact) mass is 371 g/mol. The van der Waals surface area contributed by atoms with Gasteiger partial charge in [-0.05, 0) is 24.3 Å². The molecular formula is C20H17N7O. The Hall–Kier alpha value is -3.94. The largest absolute Gasteiger partial charge is 0.497 e. The van der Waals surface area contributed by atoms with Crippen LogP contribution in [0.2, 0.25) is 0 Å². The van der Waals surface area contributed by atoms with Crippen molar-refractivity contribution in [1.82, 2.24) is 29.4 Å². The molecule has 3 heterocycles. The molecule has 0 radical (unpaired) electrons. The smallest absolute Gasteiger partial charge is 0.247 e. The molecule has 138 valence electrons. The van der Waals surface area contributed by atoms with Gasteiger partial charge in [0.1, 0.15) is 5.75 Å². The Morgan fingerprint density at radius 2 is 1.96 bits per heavy atom. The van der Waals surface area contributed by atoms with Crippen LogP contribution in [0.25, 0.3) is 27.8 Å². The van der Waals surface area contributed by atoms with Crippen LogP contribution < -0.4 is 10.1 Å². The van der Waals surface area contributed by atoms with Gasteiger partial charge in [0.15, 0.2) is 5.65 Å². The van der Waals surface area contributed by atoms with Crippen molar-refractivity contribution >= 4 is 28.2 Å². The quantitative estimate of drug-likeness (QED) is 0.521. The summed E-state index contributed by atoms with van der Waals surface area (Å²) in [6, 6.07) is 13.8. The van der Waals surface area contributed by atoms with E-state index in [1.807, 2.05) is 54.3 Å². The molecule has 5 aromatic rings. The van der Waals surface area contributed by atoms with Gasteiger partial charge in [0.25, 0.3) is 0 Å². The molecule has 0 atom stereocenters. The molecule has 0 aliphatic heterocycles. The van der Waals surface area contributed by atoms with E-state index in [0.29, 0.717) is 11.6 Å². The first-order chi connectivity index (χ1) is 13.7. The lowest BCUT2D eigenvalue weighted by Gasteiger charge is -2.05. The maximum atomic E-state index is 5.26. The van der Waals surface area contributed by atoms with Gasteiger partial charge in [0.05, 0.1) is 36.9 Å². The van der Waals surface area contributed by atoms with E-state index in [1.54, 1.807) is 24.0 Å². The zero-order chi connectivity index (χ0) is 19.1. The Morgan fingerprint density at radius 3 is 2.86 bits per heavy atom. The summed E-state index contributed by atoms with van der Waals surface area (Å²) in [5, 5.41) is 13.2. The van der Waals surface area contributed by atoms with Crippen LogP contribution in [0.3, 0.4) is 0 Å². The lowest BCUT2D eigenvalue weighted by molar-refractivity contribution is 0.415. The van der Waals surface area contributed by atoms with Crippen LogP contribution in [0.5, 0.6) is 5.75 Å². The second kappa shape index (κ2) is 6.34. The van der Waals surface area contributed by atoms with E-state index >= 15 is 0 Å². The van der Waals surface area contributed by atoms with Crippen molar-refractivity contribution in [3.8, 4) is 17.0 Å². The van der Waals surface area contributed by atoms with Gasteiger partial charge in [-0.2, -0.15) is 10.1 Å². The Kier molecular flexibility index (Phi) is 3.68.